The molecule has 10 heteroatoms. The molecule has 1 aliphatic heterocycles. The quantitative estimate of drug-likeness (QED) is 0.418. The molecule has 0 amide bonds. The van der Waals surface area contributed by atoms with Crippen molar-refractivity contribution >= 4 is 75.3 Å². The molecular formula is C8H7KO9. The van der Waals surface area contributed by atoms with Gasteiger partial charge in [-0.25, -0.2) is 19.2 Å². The fraction of sp³-hybridized carbons (Fsp3) is 0.250. The Morgan fingerprint density at radius 3 is 1.22 bits per heavy atom. The number of aliphatic carboxylic acids is 4. The van der Waals surface area contributed by atoms with Gasteiger partial charge in [-0.15, -0.1) is 0 Å². The fourth-order valence-electron chi connectivity index (χ4n) is 1.37. The van der Waals surface area contributed by atoms with E-state index in [-0.39, 0.29) is 51.4 Å². The van der Waals surface area contributed by atoms with Crippen molar-refractivity contribution in [2.45, 2.75) is 12.2 Å². The second-order valence-electron chi connectivity index (χ2n) is 3.01. The SMILES string of the molecule is O=C(O)C1=C(C(=O)O)C(C(=O)O)OC1C(=O)O.[KH]. The van der Waals surface area contributed by atoms with Gasteiger partial charge in [0.2, 0.25) is 0 Å². The third-order valence-corrected chi connectivity index (χ3v) is 2.00. The molecule has 0 radical (unpaired) electrons. The van der Waals surface area contributed by atoms with E-state index in [4.69, 9.17) is 20.4 Å². The van der Waals surface area contributed by atoms with Crippen molar-refractivity contribution in [3.05, 3.63) is 11.1 Å². The van der Waals surface area contributed by atoms with Gasteiger partial charge in [0.15, 0.2) is 12.2 Å². The van der Waals surface area contributed by atoms with Crippen LogP contribution in [0.15, 0.2) is 11.1 Å². The van der Waals surface area contributed by atoms with E-state index < -0.39 is 47.2 Å². The Morgan fingerprint density at radius 2 is 1.06 bits per heavy atom. The fourth-order valence-corrected chi connectivity index (χ4v) is 1.37. The van der Waals surface area contributed by atoms with Gasteiger partial charge in [0.25, 0.3) is 0 Å². The Kier molecular flexibility index (Phi) is 6.12. The van der Waals surface area contributed by atoms with Gasteiger partial charge < -0.3 is 25.2 Å². The van der Waals surface area contributed by atoms with Crippen LogP contribution >= 0.6 is 0 Å². The van der Waals surface area contributed by atoms with Crippen LogP contribution in [-0.4, -0.2) is 108 Å². The third kappa shape index (κ3) is 3.16. The summed E-state index contributed by atoms with van der Waals surface area (Å²) in [6, 6.07) is 0. The summed E-state index contributed by atoms with van der Waals surface area (Å²) >= 11 is 0. The van der Waals surface area contributed by atoms with Crippen molar-refractivity contribution in [1.82, 2.24) is 0 Å². The molecule has 18 heavy (non-hydrogen) atoms. The first-order chi connectivity index (χ1) is 7.77. The van der Waals surface area contributed by atoms with E-state index in [2.05, 4.69) is 4.74 Å². The average molecular weight is 286 g/mol. The van der Waals surface area contributed by atoms with Crippen molar-refractivity contribution in [1.29, 1.82) is 0 Å². The Morgan fingerprint density at radius 1 is 0.778 bits per heavy atom. The molecule has 9 nitrogen and oxygen atoms in total. The van der Waals surface area contributed by atoms with E-state index in [9.17, 15) is 19.2 Å². The number of hydrogen-bond acceptors (Lipinski definition) is 5. The molecule has 0 aromatic rings. The zero-order chi connectivity index (χ0) is 13.3. The molecule has 4 N–H and O–H groups in total. The molecule has 0 bridgehead atoms. The van der Waals surface area contributed by atoms with Crippen LogP contribution in [0.1, 0.15) is 0 Å². The van der Waals surface area contributed by atoms with Gasteiger partial charge in [-0.1, -0.05) is 0 Å². The van der Waals surface area contributed by atoms with E-state index in [1.54, 1.807) is 0 Å². The van der Waals surface area contributed by atoms with Gasteiger partial charge >= 0.3 is 75.3 Å². The van der Waals surface area contributed by atoms with E-state index >= 15 is 0 Å². The topological polar surface area (TPSA) is 158 Å². The molecule has 0 fully saturated rings. The van der Waals surface area contributed by atoms with Gasteiger partial charge in [-0.3, -0.25) is 0 Å². The maximum absolute atomic E-state index is 10.7. The maximum atomic E-state index is 10.7. The van der Waals surface area contributed by atoms with Crippen molar-refractivity contribution in [2.24, 2.45) is 0 Å². The molecule has 94 valence electrons. The second-order valence-corrected chi connectivity index (χ2v) is 3.01. The number of ether oxygens (including phenoxy) is 1. The molecule has 2 unspecified atom stereocenters. The predicted octanol–water partition coefficient (Wildman–Crippen LogP) is -2.26. The first-order valence-corrected chi connectivity index (χ1v) is 4.09. The number of carboxylic acid groups (broad SMARTS) is 4. The first-order valence-electron chi connectivity index (χ1n) is 4.09. The van der Waals surface area contributed by atoms with E-state index in [1.807, 2.05) is 0 Å². The number of carboxylic acids is 4. The molecule has 0 aromatic heterocycles. The van der Waals surface area contributed by atoms with Crippen molar-refractivity contribution in [2.75, 3.05) is 0 Å². The molecular weight excluding hydrogens is 279 g/mol. The zero-order valence-corrected chi connectivity index (χ0v) is 7.98. The molecule has 1 heterocycles. The molecule has 0 aliphatic carbocycles. The van der Waals surface area contributed by atoms with Crippen LogP contribution in [0.3, 0.4) is 0 Å². The van der Waals surface area contributed by atoms with Crippen LogP contribution in [0.2, 0.25) is 0 Å². The molecule has 0 saturated heterocycles. The van der Waals surface area contributed by atoms with Crippen molar-refractivity contribution < 1.29 is 44.3 Å². The van der Waals surface area contributed by atoms with Gasteiger partial charge in [-0.2, -0.15) is 0 Å². The molecule has 2 atom stereocenters. The van der Waals surface area contributed by atoms with Crippen LogP contribution < -0.4 is 0 Å². The summed E-state index contributed by atoms with van der Waals surface area (Å²) in [6.45, 7) is 0. The Labute approximate surface area is 141 Å². The molecule has 1 aliphatic rings. The second kappa shape index (κ2) is 6.40. The Hall–Kier alpha value is -0.784. The summed E-state index contributed by atoms with van der Waals surface area (Å²) in [4.78, 5) is 42.8. The van der Waals surface area contributed by atoms with Gasteiger partial charge in [0.05, 0.1) is 11.1 Å². The summed E-state index contributed by atoms with van der Waals surface area (Å²) < 4.78 is 4.40. The minimum absolute atomic E-state index is 0. The van der Waals surface area contributed by atoms with Gasteiger partial charge in [0, 0.05) is 0 Å². The van der Waals surface area contributed by atoms with E-state index in [1.165, 1.54) is 0 Å². The van der Waals surface area contributed by atoms with Crippen LogP contribution in [0, 0.1) is 0 Å². The standard InChI is InChI=1S/C8H6O9.K.H/c9-5(10)1-2(6(11)12)4(8(15)16)17-3(1)7(13)14;;/h3-4H,(H,9,10)(H,11,12)(H,13,14)(H,15,16);;. The number of rotatable bonds is 4. The van der Waals surface area contributed by atoms with Gasteiger partial charge in [0.1, 0.15) is 0 Å². The van der Waals surface area contributed by atoms with Crippen LogP contribution in [0.25, 0.3) is 0 Å². The Bertz CT molecular complexity index is 411. The predicted molar refractivity (Wildman–Crippen MR) is 53.4 cm³/mol. The average Bonchev–Trinajstić information content (AvgIpc) is 2.56. The number of carbonyl (C=O) groups is 4. The summed E-state index contributed by atoms with van der Waals surface area (Å²) in [5.41, 5.74) is -2.17. The normalized spacial score (nSPS) is 22.2. The van der Waals surface area contributed by atoms with Crippen molar-refractivity contribution in [3.8, 4) is 0 Å². The summed E-state index contributed by atoms with van der Waals surface area (Å²) in [5, 5.41) is 34.6. The molecule has 0 saturated carbocycles. The molecule has 0 spiro atoms. The van der Waals surface area contributed by atoms with Crippen LogP contribution in [-0.2, 0) is 23.9 Å². The monoisotopic (exact) mass is 286 g/mol. The minimum atomic E-state index is -2.11. The summed E-state index contributed by atoms with van der Waals surface area (Å²) in [7, 11) is 0. The molecule has 1 rings (SSSR count). The zero-order valence-electron chi connectivity index (χ0n) is 7.98. The summed E-state index contributed by atoms with van der Waals surface area (Å²) in [6.07, 6.45) is -4.22. The first kappa shape index (κ1) is 17.2. The van der Waals surface area contributed by atoms with Crippen molar-refractivity contribution in [3.63, 3.8) is 0 Å². The van der Waals surface area contributed by atoms with E-state index in [0.717, 1.165) is 0 Å². The third-order valence-electron chi connectivity index (χ3n) is 2.00. The van der Waals surface area contributed by atoms with E-state index in [0.29, 0.717) is 0 Å². The number of hydrogen-bond donors (Lipinski definition) is 4. The van der Waals surface area contributed by atoms with Crippen LogP contribution in [0.4, 0.5) is 0 Å². The Balaban J connectivity index is 0.00000289. The van der Waals surface area contributed by atoms with Gasteiger partial charge in [-0.05, 0) is 0 Å². The summed E-state index contributed by atoms with van der Waals surface area (Å²) in [5.74, 6) is -7.24. The molecule has 0 aromatic carbocycles. The van der Waals surface area contributed by atoms with Crippen LogP contribution in [0.5, 0.6) is 0 Å².